The predicted molar refractivity (Wildman–Crippen MR) is 57.7 cm³/mol. The van der Waals surface area contributed by atoms with Gasteiger partial charge in [-0.1, -0.05) is 0 Å². The van der Waals surface area contributed by atoms with Crippen LogP contribution in [-0.4, -0.2) is 24.1 Å². The van der Waals surface area contributed by atoms with E-state index in [4.69, 9.17) is 4.74 Å². The van der Waals surface area contributed by atoms with E-state index in [1.165, 1.54) is 0 Å². The molecule has 86 valence electrons. The third kappa shape index (κ3) is 1.83. The molecule has 1 unspecified atom stereocenters. The minimum Gasteiger partial charge on any atom is -0.460 e. The number of ketones is 2. The maximum atomic E-state index is 11.9. The van der Waals surface area contributed by atoms with Crippen molar-refractivity contribution in [1.82, 2.24) is 0 Å². The summed E-state index contributed by atoms with van der Waals surface area (Å²) >= 11 is 0. The van der Waals surface area contributed by atoms with E-state index in [9.17, 15) is 14.4 Å². The van der Waals surface area contributed by atoms with Gasteiger partial charge in [0.05, 0.1) is 0 Å². The van der Waals surface area contributed by atoms with Crippen LogP contribution in [0.1, 0.15) is 27.7 Å². The van der Waals surface area contributed by atoms with Crippen LogP contribution < -0.4 is 0 Å². The minimum absolute atomic E-state index is 0.159. The van der Waals surface area contributed by atoms with Crippen LogP contribution in [0.4, 0.5) is 0 Å². The summed E-state index contributed by atoms with van der Waals surface area (Å²) in [5, 5.41) is 0. The van der Waals surface area contributed by atoms with Crippen molar-refractivity contribution in [3.8, 4) is 0 Å². The summed E-state index contributed by atoms with van der Waals surface area (Å²) in [5.41, 5.74) is 1.53. The number of Topliss-reactive ketones (excluding diaryl/α,β-unsaturated/α-hetero) is 2. The van der Waals surface area contributed by atoms with Crippen molar-refractivity contribution in [3.05, 3.63) is 22.3 Å². The number of hydrogen-bond donors (Lipinski definition) is 0. The average molecular weight is 222 g/mol. The molecule has 0 aromatic carbocycles. The zero-order valence-electron chi connectivity index (χ0n) is 9.79. The largest absolute Gasteiger partial charge is 0.460 e. The molecule has 0 spiro atoms. The Hall–Kier alpha value is -1.71. The molecule has 0 heterocycles. The highest BCUT2D eigenvalue weighted by atomic mass is 16.5. The Labute approximate surface area is 94.0 Å². The Morgan fingerprint density at radius 2 is 1.50 bits per heavy atom. The van der Waals surface area contributed by atoms with E-state index < -0.39 is 6.10 Å². The molecule has 1 aliphatic rings. The summed E-state index contributed by atoms with van der Waals surface area (Å²) in [7, 11) is 0. The second kappa shape index (κ2) is 4.43. The van der Waals surface area contributed by atoms with Crippen LogP contribution in [0.25, 0.3) is 0 Å². The molecule has 0 amide bonds. The highest BCUT2D eigenvalue weighted by Crippen LogP contribution is 2.26. The topological polar surface area (TPSA) is 60.4 Å². The van der Waals surface area contributed by atoms with Gasteiger partial charge >= 0.3 is 0 Å². The summed E-state index contributed by atoms with van der Waals surface area (Å²) in [6, 6.07) is 0. The highest BCUT2D eigenvalue weighted by molar-refractivity contribution is 6.24. The first kappa shape index (κ1) is 12.4. The van der Waals surface area contributed by atoms with Crippen LogP contribution >= 0.6 is 0 Å². The third-order valence-corrected chi connectivity index (χ3v) is 2.90. The van der Waals surface area contributed by atoms with Crippen molar-refractivity contribution < 1.29 is 19.1 Å². The fraction of sp³-hybridized carbons (Fsp3) is 0.417. The van der Waals surface area contributed by atoms with Crippen molar-refractivity contribution in [2.24, 2.45) is 0 Å². The Balaban J connectivity index is 3.23. The molecule has 0 fully saturated rings. The quantitative estimate of drug-likeness (QED) is 0.534. The fourth-order valence-corrected chi connectivity index (χ4v) is 1.76. The Morgan fingerprint density at radius 3 is 2.00 bits per heavy atom. The molecule has 0 saturated carbocycles. The molecule has 0 aromatic rings. The Bertz CT molecular complexity index is 426. The molecule has 0 aliphatic heterocycles. The molecule has 1 atom stereocenters. The minimum atomic E-state index is -0.683. The number of carbonyl (C=O) groups is 3. The molecule has 0 saturated heterocycles. The molecule has 0 radical (unpaired) electrons. The number of allylic oxidation sites excluding steroid dienone is 3. The maximum Gasteiger partial charge on any atom is 0.293 e. The Kier molecular flexibility index (Phi) is 3.42. The van der Waals surface area contributed by atoms with Crippen LogP contribution in [-0.2, 0) is 19.1 Å². The zero-order chi connectivity index (χ0) is 12.5. The molecular formula is C12H14O4. The van der Waals surface area contributed by atoms with Crippen molar-refractivity contribution in [2.45, 2.75) is 33.8 Å². The lowest BCUT2D eigenvalue weighted by Gasteiger charge is -2.21. The molecule has 0 N–H and O–H groups in total. The van der Waals surface area contributed by atoms with E-state index in [-0.39, 0.29) is 23.6 Å². The summed E-state index contributed by atoms with van der Waals surface area (Å²) in [6.45, 7) is 6.67. The van der Waals surface area contributed by atoms with E-state index >= 15 is 0 Å². The molecule has 0 aromatic heterocycles. The first-order chi connectivity index (χ1) is 7.41. The van der Waals surface area contributed by atoms with Crippen LogP contribution in [0.15, 0.2) is 22.3 Å². The van der Waals surface area contributed by atoms with Gasteiger partial charge in [0.2, 0.25) is 0 Å². The van der Waals surface area contributed by atoms with Crippen molar-refractivity contribution in [1.29, 1.82) is 0 Å². The van der Waals surface area contributed by atoms with E-state index in [0.717, 1.165) is 0 Å². The lowest BCUT2D eigenvalue weighted by molar-refractivity contribution is -0.132. The molecule has 4 heteroatoms. The van der Waals surface area contributed by atoms with Gasteiger partial charge in [0.15, 0.2) is 11.6 Å². The standard InChI is InChI=1S/C12H14O4/c1-6-7(2)12(15)10(8(3)11(6)14)9(4)16-5-13/h5,9H,1-4H3. The lowest BCUT2D eigenvalue weighted by Crippen LogP contribution is -2.28. The predicted octanol–water partition coefficient (Wildman–Crippen LogP) is 1.35. The monoisotopic (exact) mass is 222 g/mol. The van der Waals surface area contributed by atoms with Gasteiger partial charge in [-0.05, 0) is 27.7 Å². The molecule has 16 heavy (non-hydrogen) atoms. The Morgan fingerprint density at radius 1 is 1.00 bits per heavy atom. The van der Waals surface area contributed by atoms with Crippen molar-refractivity contribution >= 4 is 18.0 Å². The summed E-state index contributed by atoms with van der Waals surface area (Å²) in [5.74, 6) is -0.377. The highest BCUT2D eigenvalue weighted by Gasteiger charge is 2.31. The van der Waals surface area contributed by atoms with E-state index in [0.29, 0.717) is 16.7 Å². The van der Waals surface area contributed by atoms with Crippen LogP contribution in [0.3, 0.4) is 0 Å². The number of carbonyl (C=O) groups excluding carboxylic acids is 3. The van der Waals surface area contributed by atoms with Gasteiger partial charge in [0.1, 0.15) is 6.10 Å². The van der Waals surface area contributed by atoms with Gasteiger partial charge in [-0.25, -0.2) is 0 Å². The summed E-state index contributed by atoms with van der Waals surface area (Å²) in [6.07, 6.45) is -0.683. The van der Waals surface area contributed by atoms with Crippen LogP contribution in [0.5, 0.6) is 0 Å². The number of hydrogen-bond acceptors (Lipinski definition) is 4. The van der Waals surface area contributed by atoms with Gasteiger partial charge < -0.3 is 4.74 Å². The number of rotatable bonds is 3. The summed E-state index contributed by atoms with van der Waals surface area (Å²) in [4.78, 5) is 34.0. The molecular weight excluding hydrogens is 208 g/mol. The molecule has 0 bridgehead atoms. The van der Waals surface area contributed by atoms with Gasteiger partial charge in [0, 0.05) is 22.3 Å². The van der Waals surface area contributed by atoms with Gasteiger partial charge in [-0.2, -0.15) is 0 Å². The lowest BCUT2D eigenvalue weighted by atomic mass is 9.84. The van der Waals surface area contributed by atoms with Crippen molar-refractivity contribution in [3.63, 3.8) is 0 Å². The smallest absolute Gasteiger partial charge is 0.293 e. The molecule has 1 aliphatic carbocycles. The second-order valence-corrected chi connectivity index (χ2v) is 3.82. The van der Waals surface area contributed by atoms with Gasteiger partial charge in [-0.15, -0.1) is 0 Å². The maximum absolute atomic E-state index is 11.9. The van der Waals surface area contributed by atoms with Gasteiger partial charge in [-0.3, -0.25) is 14.4 Å². The second-order valence-electron chi connectivity index (χ2n) is 3.82. The molecule has 4 nitrogen and oxygen atoms in total. The molecule has 1 rings (SSSR count). The van der Waals surface area contributed by atoms with Crippen LogP contribution in [0.2, 0.25) is 0 Å². The number of ether oxygens (including phenoxy) is 1. The zero-order valence-corrected chi connectivity index (χ0v) is 9.79. The summed E-state index contributed by atoms with van der Waals surface area (Å²) < 4.78 is 4.72. The first-order valence-corrected chi connectivity index (χ1v) is 4.98. The van der Waals surface area contributed by atoms with E-state index in [1.807, 2.05) is 0 Å². The van der Waals surface area contributed by atoms with Crippen molar-refractivity contribution in [2.75, 3.05) is 0 Å². The first-order valence-electron chi connectivity index (χ1n) is 4.98. The third-order valence-electron chi connectivity index (χ3n) is 2.90. The van der Waals surface area contributed by atoms with Gasteiger partial charge in [0.25, 0.3) is 6.47 Å². The average Bonchev–Trinajstić information content (AvgIpc) is 2.24. The van der Waals surface area contributed by atoms with Crippen LogP contribution in [0, 0.1) is 0 Å². The SMILES string of the molecule is CC1=C(C)C(=O)C(C(C)OC=O)=C(C)C1=O. The van der Waals surface area contributed by atoms with E-state index in [2.05, 4.69) is 0 Å². The normalized spacial score (nSPS) is 19.0. The fourth-order valence-electron chi connectivity index (χ4n) is 1.76. The van der Waals surface area contributed by atoms with E-state index in [1.54, 1.807) is 27.7 Å².